The minimum absolute atomic E-state index is 0.166. The maximum absolute atomic E-state index is 11.7. The highest BCUT2D eigenvalue weighted by atomic mass is 35.5. The maximum Gasteiger partial charge on any atom is 0.315 e. The number of nitrogens with one attached hydrogen (secondary N) is 2. The van der Waals surface area contributed by atoms with Crippen LogP contribution in [0.1, 0.15) is 17.7 Å². The molecule has 2 rings (SSSR count). The second-order valence-electron chi connectivity index (χ2n) is 5.21. The molecule has 6 heteroatoms. The number of halogens is 1. The van der Waals surface area contributed by atoms with Crippen LogP contribution in [0.15, 0.2) is 42.6 Å². The number of carbonyl (C=O) groups excluding carboxylic acids is 1. The van der Waals surface area contributed by atoms with Gasteiger partial charge in [-0.1, -0.05) is 23.7 Å². The number of aromatic nitrogens is 1. The fraction of sp³-hybridized carbons (Fsp3) is 0.353. The Morgan fingerprint density at radius 1 is 1.22 bits per heavy atom. The number of nitrogens with zero attached hydrogens (tertiary/aromatic N) is 1. The molecule has 0 unspecified atom stereocenters. The standard InChI is InChI=1S/C17H22ClN3O2/c1-23-11-3-9-19-17(22)20-12-16-4-2-10-21(16)13-14-5-7-15(18)8-6-14/h2,4-8,10H,3,9,11-13H2,1H3,(H2,19,20,22). The second-order valence-corrected chi connectivity index (χ2v) is 5.65. The second kappa shape index (κ2) is 9.22. The van der Waals surface area contributed by atoms with Gasteiger partial charge in [0, 0.05) is 43.7 Å². The van der Waals surface area contributed by atoms with Crippen molar-refractivity contribution in [3.8, 4) is 0 Å². The summed E-state index contributed by atoms with van der Waals surface area (Å²) in [7, 11) is 1.65. The molecule has 0 aliphatic carbocycles. The largest absolute Gasteiger partial charge is 0.385 e. The average molecular weight is 336 g/mol. The molecule has 0 saturated heterocycles. The normalized spacial score (nSPS) is 10.5. The summed E-state index contributed by atoms with van der Waals surface area (Å²) in [5.41, 5.74) is 2.21. The molecule has 0 aliphatic heterocycles. The molecule has 2 amide bonds. The number of ether oxygens (including phenoxy) is 1. The topological polar surface area (TPSA) is 55.3 Å². The lowest BCUT2D eigenvalue weighted by atomic mass is 10.2. The van der Waals surface area contributed by atoms with Crippen LogP contribution in [-0.2, 0) is 17.8 Å². The number of carbonyl (C=O) groups is 1. The third-order valence-electron chi connectivity index (χ3n) is 3.43. The number of hydrogen-bond donors (Lipinski definition) is 2. The average Bonchev–Trinajstić information content (AvgIpc) is 2.99. The molecule has 0 spiro atoms. The number of rotatable bonds is 8. The first-order chi connectivity index (χ1) is 11.2. The zero-order valence-corrected chi connectivity index (χ0v) is 14.0. The Morgan fingerprint density at radius 2 is 2.00 bits per heavy atom. The number of urea groups is 1. The van der Waals surface area contributed by atoms with Crippen LogP contribution >= 0.6 is 11.6 Å². The van der Waals surface area contributed by atoms with Crippen LogP contribution in [0.5, 0.6) is 0 Å². The van der Waals surface area contributed by atoms with E-state index in [0.29, 0.717) is 19.7 Å². The van der Waals surface area contributed by atoms with Gasteiger partial charge >= 0.3 is 6.03 Å². The number of hydrogen-bond acceptors (Lipinski definition) is 2. The monoisotopic (exact) mass is 335 g/mol. The van der Waals surface area contributed by atoms with Gasteiger partial charge in [-0.05, 0) is 36.2 Å². The van der Waals surface area contributed by atoms with E-state index in [-0.39, 0.29) is 6.03 Å². The van der Waals surface area contributed by atoms with E-state index in [4.69, 9.17) is 16.3 Å². The van der Waals surface area contributed by atoms with E-state index in [0.717, 1.165) is 29.2 Å². The summed E-state index contributed by atoms with van der Waals surface area (Å²) in [6, 6.07) is 11.6. The lowest BCUT2D eigenvalue weighted by Crippen LogP contribution is -2.36. The van der Waals surface area contributed by atoms with Gasteiger partial charge in [-0.2, -0.15) is 0 Å². The molecule has 2 aromatic rings. The summed E-state index contributed by atoms with van der Waals surface area (Å²) in [4.78, 5) is 11.7. The van der Waals surface area contributed by atoms with Crippen molar-refractivity contribution in [2.45, 2.75) is 19.5 Å². The molecule has 0 saturated carbocycles. The zero-order valence-electron chi connectivity index (χ0n) is 13.2. The van der Waals surface area contributed by atoms with Crippen molar-refractivity contribution in [1.29, 1.82) is 0 Å². The molecule has 23 heavy (non-hydrogen) atoms. The van der Waals surface area contributed by atoms with Crippen molar-refractivity contribution in [1.82, 2.24) is 15.2 Å². The van der Waals surface area contributed by atoms with Crippen molar-refractivity contribution in [2.75, 3.05) is 20.3 Å². The van der Waals surface area contributed by atoms with Crippen LogP contribution in [0.3, 0.4) is 0 Å². The molecule has 1 aromatic carbocycles. The number of amides is 2. The Kier molecular flexibility index (Phi) is 6.97. The smallest absolute Gasteiger partial charge is 0.315 e. The third-order valence-corrected chi connectivity index (χ3v) is 3.68. The molecular weight excluding hydrogens is 314 g/mol. The van der Waals surface area contributed by atoms with Gasteiger partial charge in [-0.3, -0.25) is 0 Å². The molecule has 0 bridgehead atoms. The Balaban J connectivity index is 1.81. The van der Waals surface area contributed by atoms with Gasteiger partial charge in [-0.15, -0.1) is 0 Å². The van der Waals surface area contributed by atoms with Gasteiger partial charge in [0.1, 0.15) is 0 Å². The zero-order chi connectivity index (χ0) is 16.5. The van der Waals surface area contributed by atoms with Gasteiger partial charge in [0.05, 0.1) is 6.54 Å². The fourth-order valence-electron chi connectivity index (χ4n) is 2.20. The first kappa shape index (κ1) is 17.4. The van der Waals surface area contributed by atoms with E-state index in [1.54, 1.807) is 7.11 Å². The van der Waals surface area contributed by atoms with Crippen molar-refractivity contribution in [3.63, 3.8) is 0 Å². The Hall–Kier alpha value is -1.98. The molecule has 0 aliphatic rings. The van der Waals surface area contributed by atoms with Crippen molar-refractivity contribution >= 4 is 17.6 Å². The third kappa shape index (κ3) is 5.96. The summed E-state index contributed by atoms with van der Waals surface area (Å²) >= 11 is 5.90. The van der Waals surface area contributed by atoms with E-state index >= 15 is 0 Å². The molecule has 1 heterocycles. The van der Waals surface area contributed by atoms with E-state index in [1.165, 1.54) is 0 Å². The molecule has 0 fully saturated rings. The van der Waals surface area contributed by atoms with Gasteiger partial charge in [0.15, 0.2) is 0 Å². The Bertz CT molecular complexity index is 611. The number of benzene rings is 1. The highest BCUT2D eigenvalue weighted by Crippen LogP contribution is 2.12. The van der Waals surface area contributed by atoms with Gasteiger partial charge in [0.25, 0.3) is 0 Å². The van der Waals surface area contributed by atoms with Crippen LogP contribution in [0.2, 0.25) is 5.02 Å². The lowest BCUT2D eigenvalue weighted by molar-refractivity contribution is 0.193. The lowest BCUT2D eigenvalue weighted by Gasteiger charge is -2.11. The van der Waals surface area contributed by atoms with Gasteiger partial charge < -0.3 is 19.9 Å². The summed E-state index contributed by atoms with van der Waals surface area (Å²) in [5, 5.41) is 6.40. The van der Waals surface area contributed by atoms with Crippen LogP contribution < -0.4 is 10.6 Å². The Morgan fingerprint density at radius 3 is 2.74 bits per heavy atom. The molecule has 0 atom stereocenters. The van der Waals surface area contributed by atoms with Crippen molar-refractivity contribution in [3.05, 3.63) is 58.9 Å². The van der Waals surface area contributed by atoms with E-state index in [2.05, 4.69) is 15.2 Å². The first-order valence-electron chi connectivity index (χ1n) is 7.58. The predicted octanol–water partition coefficient (Wildman–Crippen LogP) is 3.03. The van der Waals surface area contributed by atoms with Crippen LogP contribution in [0.4, 0.5) is 4.79 Å². The molecule has 1 aromatic heterocycles. The summed E-state index contributed by atoms with van der Waals surface area (Å²) in [6.07, 6.45) is 2.80. The van der Waals surface area contributed by atoms with Gasteiger partial charge in [-0.25, -0.2) is 4.79 Å². The molecule has 2 N–H and O–H groups in total. The highest BCUT2D eigenvalue weighted by molar-refractivity contribution is 6.30. The SMILES string of the molecule is COCCCNC(=O)NCc1cccn1Cc1ccc(Cl)cc1. The highest BCUT2D eigenvalue weighted by Gasteiger charge is 2.04. The fourth-order valence-corrected chi connectivity index (χ4v) is 2.33. The van der Waals surface area contributed by atoms with E-state index < -0.39 is 0 Å². The van der Waals surface area contributed by atoms with E-state index in [1.807, 2.05) is 42.6 Å². The summed E-state index contributed by atoms with van der Waals surface area (Å²) in [5.74, 6) is 0. The Labute approximate surface area is 141 Å². The van der Waals surface area contributed by atoms with Crippen LogP contribution in [-0.4, -0.2) is 30.9 Å². The summed E-state index contributed by atoms with van der Waals surface area (Å²) in [6.45, 7) is 2.48. The minimum atomic E-state index is -0.166. The van der Waals surface area contributed by atoms with E-state index in [9.17, 15) is 4.79 Å². The van der Waals surface area contributed by atoms with Gasteiger partial charge in [0.2, 0.25) is 0 Å². The summed E-state index contributed by atoms with van der Waals surface area (Å²) < 4.78 is 7.04. The van der Waals surface area contributed by atoms with Crippen LogP contribution in [0, 0.1) is 0 Å². The molecule has 124 valence electrons. The minimum Gasteiger partial charge on any atom is -0.385 e. The van der Waals surface area contributed by atoms with Crippen molar-refractivity contribution in [2.24, 2.45) is 0 Å². The molecular formula is C17H22ClN3O2. The predicted molar refractivity (Wildman–Crippen MR) is 91.7 cm³/mol. The van der Waals surface area contributed by atoms with Crippen LogP contribution in [0.25, 0.3) is 0 Å². The quantitative estimate of drug-likeness (QED) is 0.729. The maximum atomic E-state index is 11.7. The molecule has 0 radical (unpaired) electrons. The molecule has 5 nitrogen and oxygen atoms in total. The first-order valence-corrected chi connectivity index (χ1v) is 7.96. The number of methoxy groups -OCH3 is 1. The van der Waals surface area contributed by atoms with Crippen molar-refractivity contribution < 1.29 is 9.53 Å².